The number of hydrogen-bond acceptors (Lipinski definition) is 8. The van der Waals surface area contributed by atoms with Gasteiger partial charge in [0.15, 0.2) is 0 Å². The van der Waals surface area contributed by atoms with Gasteiger partial charge >= 0.3 is 9.05 Å². The Morgan fingerprint density at radius 3 is 0.727 bits per heavy atom. The second-order valence-corrected chi connectivity index (χ2v) is 3.22. The molecule has 0 rings (SSSR count). The van der Waals surface area contributed by atoms with Crippen LogP contribution in [-0.2, 0) is 18.6 Å². The van der Waals surface area contributed by atoms with E-state index >= 15 is 0 Å². The van der Waals surface area contributed by atoms with Gasteiger partial charge in [-0.1, -0.05) is 0 Å². The second kappa shape index (κ2) is 6.24. The molecule has 0 spiro atoms. The predicted octanol–water partition coefficient (Wildman–Crippen LogP) is -8.38. The Balaban J connectivity index is -0.000000107. The van der Waals surface area contributed by atoms with Crippen molar-refractivity contribution in [1.82, 2.24) is 0 Å². The van der Waals surface area contributed by atoms with Gasteiger partial charge in [-0.25, -0.2) is 0 Å². The number of hydrogen-bond donors (Lipinski definition) is 3. The minimum absolute atomic E-state index is 0. The topological polar surface area (TPSA) is 176 Å². The van der Waals surface area contributed by atoms with Crippen molar-refractivity contribution in [2.24, 2.45) is 0 Å². The first kappa shape index (κ1) is 17.7. The molecule has 0 aliphatic carbocycles. The van der Waals surface area contributed by atoms with Gasteiger partial charge in [-0.05, 0) is 0 Å². The smallest absolute Gasteiger partial charge is 0.404 e. The normalized spacial score (nSPS) is 10.9. The van der Waals surface area contributed by atoms with Gasteiger partial charge < -0.3 is 47.4 Å². The second-order valence-electron chi connectivity index (χ2n) is 1.07. The van der Waals surface area contributed by atoms with Crippen molar-refractivity contribution in [3.05, 3.63) is 0 Å². The van der Waals surface area contributed by atoms with Crippen LogP contribution in [0.1, 0.15) is 0 Å². The summed E-state index contributed by atoms with van der Waals surface area (Å²) < 4.78 is 0. The molecule has 0 aromatic heterocycles. The molecule has 11 heavy (non-hydrogen) atoms. The first-order chi connectivity index (χ1) is 4.00. The van der Waals surface area contributed by atoms with Gasteiger partial charge in [0.05, 0.1) is 0 Å². The molecule has 0 heterocycles. The Hall–Kier alpha value is 0.698. The third-order valence-corrected chi connectivity index (χ3v) is 0. The zero-order valence-electron chi connectivity index (χ0n) is 4.83. The van der Waals surface area contributed by atoms with E-state index in [0.717, 1.165) is 0 Å². The Morgan fingerprint density at radius 2 is 0.727 bits per heavy atom. The van der Waals surface area contributed by atoms with E-state index in [2.05, 4.69) is 0 Å². The van der Waals surface area contributed by atoms with Gasteiger partial charge in [0.25, 0.3) is 0 Å². The molecule has 0 fully saturated rings. The third kappa shape index (κ3) is 1660. The van der Waals surface area contributed by atoms with E-state index in [1.165, 1.54) is 0 Å². The van der Waals surface area contributed by atoms with Crippen LogP contribution in [0.5, 0.6) is 0 Å². The quantitative estimate of drug-likeness (QED) is 0.348. The molecule has 0 aliphatic rings. The molecule has 0 saturated heterocycles. The average Bonchev–Trinajstić information content (AvgIpc) is 1.12. The summed E-state index contributed by atoms with van der Waals surface area (Å²) in [7, 11) is -10.5. The fraction of sp³-hybridized carbons (Fsp3) is 0. The molecule has 0 bridgehead atoms. The predicted molar refractivity (Wildman–Crippen MR) is 18.2 cm³/mol. The fourth-order valence-electron chi connectivity index (χ4n) is 0. The van der Waals surface area contributed by atoms with Gasteiger partial charge in [0, 0.05) is 18.6 Å². The van der Waals surface area contributed by atoms with E-state index in [4.69, 9.17) is 38.4 Å². The summed E-state index contributed by atoms with van der Waals surface area (Å²) in [4.78, 5) is 64.9. The summed E-state index contributed by atoms with van der Waals surface area (Å²) >= 11 is 0. The van der Waals surface area contributed by atoms with Crippen molar-refractivity contribution in [2.45, 2.75) is 0 Å². The van der Waals surface area contributed by atoms with Gasteiger partial charge in [0.2, 0.25) is 0 Å². The molecule has 3 N–H and O–H groups in total. The van der Waals surface area contributed by atoms with E-state index in [-0.39, 0.29) is 18.6 Å². The molecule has 1 radical (unpaired) electrons. The van der Waals surface area contributed by atoms with Crippen molar-refractivity contribution < 1.29 is 56.9 Å². The first-order valence-electron chi connectivity index (χ1n) is 1.69. The zero-order chi connectivity index (χ0) is 9.00. The summed E-state index contributed by atoms with van der Waals surface area (Å²) in [6.45, 7) is 0. The van der Waals surface area contributed by atoms with Crippen molar-refractivity contribution in [3.63, 3.8) is 0 Å². The van der Waals surface area contributed by atoms with Crippen LogP contribution in [0.15, 0.2) is 0 Å². The maximum Gasteiger partial charge on any atom is 0.404 e. The fourth-order valence-corrected chi connectivity index (χ4v) is 0. The third-order valence-electron chi connectivity index (χ3n) is 0. The van der Waals surface area contributed by atoms with Gasteiger partial charge in [-0.3, -0.25) is 0 Å². The van der Waals surface area contributed by atoms with E-state index in [1.807, 2.05) is 0 Å². The summed E-state index contributed by atoms with van der Waals surface area (Å²) in [6, 6.07) is 0. The van der Waals surface area contributed by atoms with Gasteiger partial charge in [-0.15, -0.1) is 0 Å². The minimum atomic E-state index is -5.61. The molecule has 11 heteroatoms. The largest absolute Gasteiger partial charge is 0.894 e. The molecule has 0 aromatic rings. The average molecular weight is 238 g/mol. The maximum absolute atomic E-state index is 8.91. The van der Waals surface area contributed by atoms with Crippen LogP contribution in [0.25, 0.3) is 0 Å². The molecule has 0 amide bonds. The van der Waals surface area contributed by atoms with E-state index in [9.17, 15) is 0 Å². The van der Waals surface area contributed by atoms with E-state index in [0.29, 0.717) is 0 Å². The van der Waals surface area contributed by atoms with Crippen molar-refractivity contribution >= 4 is 18.1 Å². The molecule has 0 aliphatic heterocycles. The van der Waals surface area contributed by atoms with Crippen LogP contribution in [0.3, 0.4) is 0 Å². The van der Waals surface area contributed by atoms with Gasteiger partial charge in [0.1, 0.15) is 0 Å². The van der Waals surface area contributed by atoms with Crippen LogP contribution >= 0.6 is 0 Å². The van der Waals surface area contributed by atoms with Crippen LogP contribution in [0.2, 0.25) is 0 Å². The molecule has 69 valence electrons. The van der Waals surface area contributed by atoms with Crippen LogP contribution in [0, 0.1) is 0 Å². The summed E-state index contributed by atoms with van der Waals surface area (Å²) in [5.74, 6) is 0. The zero-order valence-corrected chi connectivity index (χ0v) is 8.23. The van der Waals surface area contributed by atoms with Crippen LogP contribution in [0.4, 0.5) is 0 Å². The summed E-state index contributed by atoms with van der Waals surface area (Å²) in [5.41, 5.74) is 0. The Labute approximate surface area is 75.5 Å². The molecular formula is H3O8Si2V-5. The Bertz CT molecular complexity index is 55.1. The van der Waals surface area contributed by atoms with Crippen molar-refractivity contribution in [3.8, 4) is 0 Å². The van der Waals surface area contributed by atoms with Crippen LogP contribution in [-0.4, -0.2) is 32.5 Å². The first-order valence-corrected chi connectivity index (χ1v) is 5.07. The molecule has 8 nitrogen and oxygen atoms in total. The van der Waals surface area contributed by atoms with Crippen molar-refractivity contribution in [1.29, 1.82) is 0 Å². The monoisotopic (exact) mass is 238 g/mol. The minimum Gasteiger partial charge on any atom is -0.894 e. The summed E-state index contributed by atoms with van der Waals surface area (Å²) in [5, 5.41) is 0. The Morgan fingerprint density at radius 1 is 0.727 bits per heavy atom. The molecular weight excluding hydrogens is 235 g/mol. The van der Waals surface area contributed by atoms with Gasteiger partial charge in [-0.2, -0.15) is 0 Å². The molecule has 0 saturated carbocycles. The summed E-state index contributed by atoms with van der Waals surface area (Å²) in [6.07, 6.45) is 0. The standard InChI is InChI=1S/H3O4Si.O4Si.V/c2*1-5(2,3)4;/h1-3H;;/q-1;-4;. The molecule has 0 unspecified atom stereocenters. The van der Waals surface area contributed by atoms with Crippen molar-refractivity contribution in [2.75, 3.05) is 0 Å². The van der Waals surface area contributed by atoms with E-state index in [1.54, 1.807) is 0 Å². The van der Waals surface area contributed by atoms with E-state index < -0.39 is 18.1 Å². The number of rotatable bonds is 0. The SMILES string of the molecule is [O-][Si](O)(O)O.[O-][Si]([O-])([O-])[O-].[V]. The van der Waals surface area contributed by atoms with Crippen LogP contribution < -0.4 is 24.0 Å². The Kier molecular flexibility index (Phi) is 10.0. The molecule has 0 atom stereocenters. The maximum atomic E-state index is 8.91. The molecule has 0 aromatic carbocycles.